The lowest BCUT2D eigenvalue weighted by atomic mass is 10.2. The van der Waals surface area contributed by atoms with Crippen LogP contribution < -0.4 is 20.5 Å². The van der Waals surface area contributed by atoms with Crippen molar-refractivity contribution in [3.05, 3.63) is 109 Å². The molecule has 0 bridgehead atoms. The van der Waals surface area contributed by atoms with Crippen LogP contribution in [0.4, 0.5) is 0 Å². The van der Waals surface area contributed by atoms with Gasteiger partial charge in [0.25, 0.3) is 0 Å². The van der Waals surface area contributed by atoms with Crippen molar-refractivity contribution in [1.29, 1.82) is 0 Å². The summed E-state index contributed by atoms with van der Waals surface area (Å²) in [5.41, 5.74) is 1.35. The highest BCUT2D eigenvalue weighted by Gasteiger charge is 2.19. The third-order valence-corrected chi connectivity index (χ3v) is 6.91. The first-order valence-electron chi connectivity index (χ1n) is 8.73. The lowest BCUT2D eigenvalue weighted by Gasteiger charge is -2.22. The molecular weight excluding hydrogens is 335 g/mol. The van der Waals surface area contributed by atoms with Crippen LogP contribution in [0.3, 0.4) is 0 Å². The van der Waals surface area contributed by atoms with Crippen molar-refractivity contribution in [2.24, 2.45) is 7.05 Å². The predicted octanol–water partition coefficient (Wildman–Crippen LogP) is 2.92. The zero-order valence-corrected chi connectivity index (χ0v) is 15.7. The average molecular weight is 356 g/mol. The highest BCUT2D eigenvalue weighted by atomic mass is 31.1. The maximum absolute atomic E-state index is 3.31. The molecule has 0 aliphatic carbocycles. The normalized spacial score (nSPS) is 11.0. The molecule has 0 amide bonds. The Kier molecular flexibility index (Phi) is 4.95. The lowest BCUT2D eigenvalue weighted by Crippen LogP contribution is -2.26. The summed E-state index contributed by atoms with van der Waals surface area (Å²) in [5, 5.41) is 4.16. The van der Waals surface area contributed by atoms with E-state index in [1.807, 2.05) is 17.8 Å². The van der Waals surface area contributed by atoms with Crippen molar-refractivity contribution in [2.75, 3.05) is 0 Å². The Hall–Kier alpha value is -2.70. The van der Waals surface area contributed by atoms with E-state index in [4.69, 9.17) is 0 Å². The van der Waals surface area contributed by atoms with E-state index in [0.717, 1.165) is 6.54 Å². The van der Waals surface area contributed by atoms with Gasteiger partial charge < -0.3 is 9.13 Å². The van der Waals surface area contributed by atoms with Gasteiger partial charge in [0.15, 0.2) is 0 Å². The van der Waals surface area contributed by atoms with Gasteiger partial charge in [-0.3, -0.25) is 0 Å². The van der Waals surface area contributed by atoms with Crippen molar-refractivity contribution in [3.8, 4) is 0 Å². The maximum atomic E-state index is 3.31. The summed E-state index contributed by atoms with van der Waals surface area (Å²) in [6, 6.07) is 30.5. The predicted molar refractivity (Wildman–Crippen MR) is 109 cm³/mol. The van der Waals surface area contributed by atoms with Gasteiger partial charge in [0.1, 0.15) is 0 Å². The van der Waals surface area contributed by atoms with Crippen molar-refractivity contribution in [3.63, 3.8) is 0 Å². The Morgan fingerprint density at radius 1 is 0.808 bits per heavy atom. The Bertz CT molecular complexity index is 938. The van der Waals surface area contributed by atoms with E-state index in [1.54, 1.807) is 0 Å². The van der Waals surface area contributed by atoms with Crippen molar-refractivity contribution >= 4 is 23.8 Å². The van der Waals surface area contributed by atoms with Gasteiger partial charge in [0.05, 0.1) is 13.6 Å². The van der Waals surface area contributed by atoms with E-state index in [2.05, 4.69) is 102 Å². The summed E-state index contributed by atoms with van der Waals surface area (Å²) >= 11 is 0. The third kappa shape index (κ3) is 3.61. The fourth-order valence-electron chi connectivity index (χ4n) is 3.17. The van der Waals surface area contributed by atoms with E-state index in [9.17, 15) is 0 Å². The fraction of sp³-hybridized carbons (Fsp3) is 0.0870. The van der Waals surface area contributed by atoms with E-state index in [-0.39, 0.29) is 0 Å². The molecule has 0 radical (unpaired) electrons. The highest BCUT2D eigenvalue weighted by molar-refractivity contribution is 7.79. The van der Waals surface area contributed by atoms with Gasteiger partial charge in [-0.2, -0.15) is 0 Å². The molecule has 128 valence electrons. The Labute approximate surface area is 156 Å². The first kappa shape index (κ1) is 16.8. The molecule has 1 aromatic heterocycles. The average Bonchev–Trinajstić information content (AvgIpc) is 3.10. The Balaban J connectivity index is 1.82. The molecule has 3 aromatic carbocycles. The van der Waals surface area contributed by atoms with Crippen LogP contribution in [-0.4, -0.2) is 4.57 Å². The standard InChI is InChI=1S/C23H21N2P/c1-24-16-17-25(19-24)18-20-10-8-9-15-23(20)26(21-11-4-2-5-12-21)22-13-6-3-7-14-22/h2-17H,18H2,1H3. The number of hydrogen-bond acceptors (Lipinski definition) is 0. The lowest BCUT2D eigenvalue weighted by molar-refractivity contribution is -0.675. The first-order valence-corrected chi connectivity index (χ1v) is 10.1. The van der Waals surface area contributed by atoms with Crippen LogP contribution in [0.1, 0.15) is 5.56 Å². The summed E-state index contributed by atoms with van der Waals surface area (Å²) < 4.78 is 4.07. The van der Waals surface area contributed by atoms with Gasteiger partial charge in [0.2, 0.25) is 6.33 Å². The largest absolute Gasteiger partial charge is 0.354 e. The van der Waals surface area contributed by atoms with Crippen LogP contribution in [0.5, 0.6) is 0 Å². The minimum absolute atomic E-state index is 0.590. The zero-order chi connectivity index (χ0) is 17.8. The molecule has 2 nitrogen and oxygen atoms in total. The summed E-state index contributed by atoms with van der Waals surface area (Å²) in [4.78, 5) is 0. The number of aryl methyl sites for hydroxylation is 1. The molecule has 0 aliphatic heterocycles. The second-order valence-electron chi connectivity index (χ2n) is 6.27. The first-order chi connectivity index (χ1) is 12.8. The number of imidazole rings is 1. The molecule has 0 fully saturated rings. The molecule has 0 saturated heterocycles. The maximum Gasteiger partial charge on any atom is 0.203 e. The molecular formula is C23H21N2P. The van der Waals surface area contributed by atoms with Gasteiger partial charge in [0, 0.05) is 0 Å². The molecule has 0 saturated carbocycles. The number of hydrogen-bond donors (Lipinski definition) is 0. The smallest absolute Gasteiger partial charge is 0.203 e. The zero-order valence-electron chi connectivity index (χ0n) is 14.8. The van der Waals surface area contributed by atoms with E-state index in [0.29, 0.717) is 0 Å². The second kappa shape index (κ2) is 7.68. The van der Waals surface area contributed by atoms with Gasteiger partial charge in [-0.25, -0.2) is 0 Å². The van der Waals surface area contributed by atoms with Crippen molar-refractivity contribution < 1.29 is 4.57 Å². The molecule has 3 heteroatoms. The number of benzene rings is 3. The van der Waals surface area contributed by atoms with Crippen molar-refractivity contribution in [1.82, 2.24) is 4.57 Å². The van der Waals surface area contributed by atoms with E-state index in [1.165, 1.54) is 21.5 Å². The topological polar surface area (TPSA) is 8.81 Å². The summed E-state index contributed by atoms with van der Waals surface area (Å²) in [6.07, 6.45) is 7.41. The molecule has 0 atom stereocenters. The minimum Gasteiger partial charge on any atom is -0.354 e. The molecule has 0 unspecified atom stereocenters. The van der Waals surface area contributed by atoms with Crippen LogP contribution in [0.25, 0.3) is 0 Å². The van der Waals surface area contributed by atoms with Crippen LogP contribution >= 0.6 is 7.92 Å². The van der Waals surface area contributed by atoms with Crippen molar-refractivity contribution in [2.45, 2.75) is 6.54 Å². The number of aromatic nitrogens is 2. The molecule has 0 N–H and O–H groups in total. The molecule has 0 spiro atoms. The van der Waals surface area contributed by atoms with E-state index < -0.39 is 7.92 Å². The van der Waals surface area contributed by atoms with Gasteiger partial charge in [-0.15, -0.1) is 0 Å². The Morgan fingerprint density at radius 2 is 1.38 bits per heavy atom. The third-order valence-electron chi connectivity index (χ3n) is 4.36. The van der Waals surface area contributed by atoms with Gasteiger partial charge in [-0.1, -0.05) is 84.9 Å². The van der Waals surface area contributed by atoms with Crippen LogP contribution in [0.15, 0.2) is 97.3 Å². The van der Waals surface area contributed by atoms with E-state index >= 15 is 0 Å². The summed E-state index contributed by atoms with van der Waals surface area (Å²) in [6.45, 7) is 0.829. The van der Waals surface area contributed by atoms with Gasteiger partial charge >= 0.3 is 0 Å². The van der Waals surface area contributed by atoms with Crippen LogP contribution in [0.2, 0.25) is 0 Å². The highest BCUT2D eigenvalue weighted by Crippen LogP contribution is 2.34. The second-order valence-corrected chi connectivity index (χ2v) is 8.46. The molecule has 4 rings (SSSR count). The fourth-order valence-corrected chi connectivity index (χ4v) is 5.63. The number of rotatable bonds is 5. The summed E-state index contributed by atoms with van der Waals surface area (Å²) in [5.74, 6) is 0. The summed E-state index contributed by atoms with van der Waals surface area (Å²) in [7, 11) is 1.41. The molecule has 4 aromatic rings. The van der Waals surface area contributed by atoms with Crippen LogP contribution in [0, 0.1) is 6.33 Å². The molecule has 26 heavy (non-hydrogen) atoms. The number of nitrogens with zero attached hydrogens (tertiary/aromatic N) is 2. The monoisotopic (exact) mass is 356 g/mol. The minimum atomic E-state index is -0.590. The Morgan fingerprint density at radius 3 is 1.96 bits per heavy atom. The van der Waals surface area contributed by atoms with Gasteiger partial charge in [-0.05, 0) is 41.8 Å². The molecule has 1 heterocycles. The van der Waals surface area contributed by atoms with Crippen LogP contribution in [-0.2, 0) is 13.6 Å². The SMILES string of the molecule is C[n+]1[c-]n(Cc2ccccc2P(c2ccccc2)c2ccccc2)cc1. The molecule has 0 aliphatic rings. The quantitative estimate of drug-likeness (QED) is 0.295.